The molecule has 25 heavy (non-hydrogen) atoms. The Morgan fingerprint density at radius 3 is 2.36 bits per heavy atom. The zero-order valence-electron chi connectivity index (χ0n) is 13.7. The molecule has 0 saturated heterocycles. The highest BCUT2D eigenvalue weighted by atomic mass is 32.1. The van der Waals surface area contributed by atoms with Gasteiger partial charge < -0.3 is 10.6 Å². The van der Waals surface area contributed by atoms with E-state index in [-0.39, 0.29) is 0 Å². The van der Waals surface area contributed by atoms with Crippen molar-refractivity contribution in [3.05, 3.63) is 70.5 Å². The van der Waals surface area contributed by atoms with E-state index in [4.69, 9.17) is 0 Å². The molecule has 2 N–H and O–H groups in total. The van der Waals surface area contributed by atoms with Crippen LogP contribution in [0.4, 0.5) is 5.69 Å². The molecule has 3 rings (SSSR count). The number of anilines is 1. The van der Waals surface area contributed by atoms with Gasteiger partial charge in [-0.15, -0.1) is 11.3 Å². The van der Waals surface area contributed by atoms with Crippen molar-refractivity contribution in [1.29, 1.82) is 0 Å². The molecule has 1 heterocycles. The Hall–Kier alpha value is -2.99. The maximum Gasteiger partial charge on any atom is 0.313 e. The lowest BCUT2D eigenvalue weighted by atomic mass is 10.1. The topological polar surface area (TPSA) is 71.1 Å². The van der Waals surface area contributed by atoms with Crippen LogP contribution in [0.3, 0.4) is 0 Å². The van der Waals surface area contributed by atoms with Gasteiger partial charge in [-0.25, -0.2) is 4.98 Å². The van der Waals surface area contributed by atoms with Gasteiger partial charge in [0.2, 0.25) is 0 Å². The average Bonchev–Trinajstić information content (AvgIpc) is 3.07. The van der Waals surface area contributed by atoms with Gasteiger partial charge in [-0.2, -0.15) is 0 Å². The highest BCUT2D eigenvalue weighted by molar-refractivity contribution is 7.09. The van der Waals surface area contributed by atoms with Crippen molar-refractivity contribution in [2.24, 2.45) is 0 Å². The molecule has 0 aliphatic heterocycles. The zero-order valence-corrected chi connectivity index (χ0v) is 14.5. The molecule has 0 spiro atoms. The summed E-state index contributed by atoms with van der Waals surface area (Å²) in [6.45, 7) is 2.27. The minimum Gasteiger partial charge on any atom is -0.344 e. The first-order chi connectivity index (χ1) is 12.1. The molecule has 0 radical (unpaired) electrons. The first kappa shape index (κ1) is 16.9. The Kier molecular flexibility index (Phi) is 5.20. The number of hydrogen-bond donors (Lipinski definition) is 2. The second kappa shape index (κ2) is 7.72. The van der Waals surface area contributed by atoms with Gasteiger partial charge in [0.15, 0.2) is 0 Å². The Bertz CT molecular complexity index is 873. The van der Waals surface area contributed by atoms with Crippen LogP contribution >= 0.6 is 11.3 Å². The fourth-order valence-electron chi connectivity index (χ4n) is 2.27. The molecule has 126 valence electrons. The van der Waals surface area contributed by atoms with E-state index in [9.17, 15) is 9.59 Å². The summed E-state index contributed by atoms with van der Waals surface area (Å²) in [4.78, 5) is 28.3. The van der Waals surface area contributed by atoms with Crippen LogP contribution < -0.4 is 10.6 Å². The Labute approximate surface area is 149 Å². The van der Waals surface area contributed by atoms with Gasteiger partial charge in [0.05, 0.1) is 10.7 Å². The van der Waals surface area contributed by atoms with Crippen LogP contribution in [-0.4, -0.2) is 16.8 Å². The van der Waals surface area contributed by atoms with Crippen molar-refractivity contribution in [2.45, 2.75) is 13.5 Å². The highest BCUT2D eigenvalue weighted by Gasteiger charge is 2.13. The quantitative estimate of drug-likeness (QED) is 0.708. The summed E-state index contributed by atoms with van der Waals surface area (Å²) >= 11 is 1.59. The van der Waals surface area contributed by atoms with Crippen molar-refractivity contribution in [2.75, 3.05) is 5.32 Å². The summed E-state index contributed by atoms with van der Waals surface area (Å²) in [5.74, 6) is -1.35. The van der Waals surface area contributed by atoms with Gasteiger partial charge in [-0.3, -0.25) is 9.59 Å². The molecule has 5 nitrogen and oxygen atoms in total. The number of carbonyl (C=O) groups is 2. The number of aromatic nitrogens is 1. The van der Waals surface area contributed by atoms with E-state index in [1.165, 1.54) is 0 Å². The fourth-order valence-corrected chi connectivity index (χ4v) is 2.89. The molecule has 0 atom stereocenters. The average molecular weight is 351 g/mol. The Morgan fingerprint density at radius 1 is 1.00 bits per heavy atom. The van der Waals surface area contributed by atoms with E-state index < -0.39 is 11.8 Å². The van der Waals surface area contributed by atoms with Gasteiger partial charge in [-0.1, -0.05) is 42.5 Å². The maximum atomic E-state index is 12.0. The molecule has 6 heteroatoms. The summed E-state index contributed by atoms with van der Waals surface area (Å²) in [6.07, 6.45) is 0. The summed E-state index contributed by atoms with van der Waals surface area (Å²) < 4.78 is 0. The number of hydrogen-bond acceptors (Lipinski definition) is 4. The molecule has 0 unspecified atom stereocenters. The lowest BCUT2D eigenvalue weighted by Gasteiger charge is -2.07. The second-order valence-electron chi connectivity index (χ2n) is 5.45. The van der Waals surface area contributed by atoms with Crippen LogP contribution in [0.25, 0.3) is 11.3 Å². The number of nitrogens with zero attached hydrogens (tertiary/aromatic N) is 1. The van der Waals surface area contributed by atoms with Gasteiger partial charge in [0.1, 0.15) is 0 Å². The predicted molar refractivity (Wildman–Crippen MR) is 99.2 cm³/mol. The maximum absolute atomic E-state index is 12.0. The van der Waals surface area contributed by atoms with E-state index in [2.05, 4.69) is 15.6 Å². The lowest BCUT2D eigenvalue weighted by Crippen LogP contribution is -2.34. The minimum atomic E-state index is -0.687. The van der Waals surface area contributed by atoms with Crippen molar-refractivity contribution in [1.82, 2.24) is 10.3 Å². The SMILES string of the molecule is Cc1nc(-c2ccc(NC(=O)C(=O)NCc3ccccc3)cc2)cs1. The van der Waals surface area contributed by atoms with E-state index in [1.807, 2.05) is 54.8 Å². The van der Waals surface area contributed by atoms with Crippen molar-refractivity contribution in [3.63, 3.8) is 0 Å². The third-order valence-electron chi connectivity index (χ3n) is 3.56. The smallest absolute Gasteiger partial charge is 0.313 e. The number of aryl methyl sites for hydroxylation is 1. The van der Waals surface area contributed by atoms with Crippen molar-refractivity contribution < 1.29 is 9.59 Å². The number of nitrogens with one attached hydrogen (secondary N) is 2. The van der Waals surface area contributed by atoms with Crippen molar-refractivity contribution in [3.8, 4) is 11.3 Å². The molecule has 0 aliphatic rings. The summed E-state index contributed by atoms with van der Waals surface area (Å²) in [6, 6.07) is 16.7. The van der Waals surface area contributed by atoms with Gasteiger partial charge in [0.25, 0.3) is 0 Å². The molecule has 0 aliphatic carbocycles. The van der Waals surface area contributed by atoms with E-state index >= 15 is 0 Å². The lowest BCUT2D eigenvalue weighted by molar-refractivity contribution is -0.136. The monoisotopic (exact) mass is 351 g/mol. The number of rotatable bonds is 4. The van der Waals surface area contributed by atoms with Crippen LogP contribution in [0.2, 0.25) is 0 Å². The zero-order chi connectivity index (χ0) is 17.6. The summed E-state index contributed by atoms with van der Waals surface area (Å²) in [7, 11) is 0. The number of benzene rings is 2. The molecule has 0 bridgehead atoms. The number of thiazole rings is 1. The van der Waals surface area contributed by atoms with E-state index in [0.29, 0.717) is 12.2 Å². The Balaban J connectivity index is 1.56. The van der Waals surface area contributed by atoms with Crippen LogP contribution in [0.15, 0.2) is 60.0 Å². The fraction of sp³-hybridized carbons (Fsp3) is 0.105. The number of amides is 2. The van der Waals surface area contributed by atoms with Gasteiger partial charge in [0, 0.05) is 23.2 Å². The summed E-state index contributed by atoms with van der Waals surface area (Å²) in [5.41, 5.74) is 3.37. The van der Waals surface area contributed by atoms with Crippen LogP contribution in [-0.2, 0) is 16.1 Å². The Morgan fingerprint density at radius 2 is 1.72 bits per heavy atom. The largest absolute Gasteiger partial charge is 0.344 e. The predicted octanol–water partition coefficient (Wildman–Crippen LogP) is 3.37. The molecule has 1 aromatic heterocycles. The van der Waals surface area contributed by atoms with Crippen LogP contribution in [0.1, 0.15) is 10.6 Å². The third-order valence-corrected chi connectivity index (χ3v) is 4.33. The molecular formula is C19H17N3O2S. The summed E-state index contributed by atoms with van der Waals surface area (Å²) in [5, 5.41) is 8.18. The molecule has 0 saturated carbocycles. The normalized spacial score (nSPS) is 10.3. The first-order valence-electron chi connectivity index (χ1n) is 7.77. The van der Waals surface area contributed by atoms with Crippen molar-refractivity contribution >= 4 is 28.8 Å². The van der Waals surface area contributed by atoms with E-state index in [0.717, 1.165) is 21.8 Å². The molecule has 3 aromatic rings. The molecule has 0 fully saturated rings. The highest BCUT2D eigenvalue weighted by Crippen LogP contribution is 2.23. The molecule has 2 aromatic carbocycles. The third kappa shape index (κ3) is 4.51. The second-order valence-corrected chi connectivity index (χ2v) is 6.51. The number of carbonyl (C=O) groups excluding carboxylic acids is 2. The van der Waals surface area contributed by atoms with E-state index in [1.54, 1.807) is 23.5 Å². The molecule has 2 amide bonds. The molecular weight excluding hydrogens is 334 g/mol. The van der Waals surface area contributed by atoms with Gasteiger partial charge in [-0.05, 0) is 24.6 Å². The minimum absolute atomic E-state index is 0.315. The standard InChI is InChI=1S/C19H17N3O2S/c1-13-21-17(12-25-13)15-7-9-16(10-8-15)22-19(24)18(23)20-11-14-5-3-2-4-6-14/h2-10,12H,11H2,1H3,(H,20,23)(H,22,24). The van der Waals surface area contributed by atoms with Crippen LogP contribution in [0.5, 0.6) is 0 Å². The van der Waals surface area contributed by atoms with Gasteiger partial charge >= 0.3 is 11.8 Å². The van der Waals surface area contributed by atoms with Crippen LogP contribution in [0, 0.1) is 6.92 Å². The first-order valence-corrected chi connectivity index (χ1v) is 8.65.